The molecular weight excluding hydrogens is 246 g/mol. The Labute approximate surface area is 110 Å². The van der Waals surface area contributed by atoms with Crippen LogP contribution in [0.5, 0.6) is 0 Å². The number of hydrogen-bond acceptors (Lipinski definition) is 6. The smallest absolute Gasteiger partial charge is 0.271 e. The first-order valence-electron chi connectivity index (χ1n) is 5.84. The number of rotatable bonds is 6. The second-order valence-electron chi connectivity index (χ2n) is 3.81. The minimum atomic E-state index is -0.273. The Morgan fingerprint density at radius 1 is 1.42 bits per heavy atom. The van der Waals surface area contributed by atoms with Crippen molar-refractivity contribution in [2.45, 2.75) is 13.0 Å². The lowest BCUT2D eigenvalue weighted by atomic mass is 10.3. The number of hydrogen-bond donors (Lipinski definition) is 3. The molecule has 2 aromatic rings. The monoisotopic (exact) mass is 261 g/mol. The van der Waals surface area contributed by atoms with Crippen LogP contribution in [0, 0.1) is 0 Å². The number of nitrogens with one attached hydrogen (secondary N) is 2. The predicted octanol–water partition coefficient (Wildman–Crippen LogP) is -0.221. The molecule has 19 heavy (non-hydrogen) atoms. The molecule has 0 bridgehead atoms. The molecule has 0 fully saturated rings. The number of hydrazine groups is 1. The van der Waals surface area contributed by atoms with Crippen LogP contribution in [0.2, 0.25) is 0 Å². The fraction of sp³-hybridized carbons (Fsp3) is 0.273. The standard InChI is InChI=1S/C11H15N7O/c12-17-10-8-13-7-9(16-10)11(19)14-3-1-5-18-6-2-4-15-18/h2,4,6-8H,1,3,5,12H2,(H,14,19)(H,16,17). The first-order valence-corrected chi connectivity index (χ1v) is 5.84. The highest BCUT2D eigenvalue weighted by Gasteiger charge is 2.07. The van der Waals surface area contributed by atoms with Gasteiger partial charge >= 0.3 is 0 Å². The molecule has 1 amide bonds. The van der Waals surface area contributed by atoms with Crippen LogP contribution in [0.4, 0.5) is 5.82 Å². The molecule has 0 aromatic carbocycles. The predicted molar refractivity (Wildman–Crippen MR) is 69.0 cm³/mol. The second-order valence-corrected chi connectivity index (χ2v) is 3.81. The van der Waals surface area contributed by atoms with Gasteiger partial charge in [0.05, 0.1) is 12.4 Å². The van der Waals surface area contributed by atoms with Crippen LogP contribution in [0.25, 0.3) is 0 Å². The summed E-state index contributed by atoms with van der Waals surface area (Å²) in [4.78, 5) is 19.6. The van der Waals surface area contributed by atoms with Crippen molar-refractivity contribution < 1.29 is 4.79 Å². The van der Waals surface area contributed by atoms with Crippen LogP contribution in [0.1, 0.15) is 16.9 Å². The molecule has 4 N–H and O–H groups in total. The summed E-state index contributed by atoms with van der Waals surface area (Å²) in [7, 11) is 0. The summed E-state index contributed by atoms with van der Waals surface area (Å²) in [6.07, 6.45) is 7.22. The van der Waals surface area contributed by atoms with Crippen molar-refractivity contribution in [3.05, 3.63) is 36.5 Å². The van der Waals surface area contributed by atoms with E-state index in [1.54, 1.807) is 6.20 Å². The lowest BCUT2D eigenvalue weighted by Crippen LogP contribution is -2.26. The van der Waals surface area contributed by atoms with Crippen molar-refractivity contribution in [1.82, 2.24) is 25.1 Å². The summed E-state index contributed by atoms with van der Waals surface area (Å²) in [5.74, 6) is 5.28. The van der Waals surface area contributed by atoms with Gasteiger partial charge in [0, 0.05) is 25.5 Å². The zero-order valence-electron chi connectivity index (χ0n) is 10.3. The highest BCUT2D eigenvalue weighted by Crippen LogP contribution is 1.99. The number of nitrogens with zero attached hydrogens (tertiary/aromatic N) is 4. The third-order valence-electron chi connectivity index (χ3n) is 2.42. The molecule has 0 saturated heterocycles. The molecule has 0 aliphatic heterocycles. The van der Waals surface area contributed by atoms with E-state index < -0.39 is 0 Å². The van der Waals surface area contributed by atoms with E-state index in [2.05, 4.69) is 25.8 Å². The number of aryl methyl sites for hydroxylation is 1. The van der Waals surface area contributed by atoms with Crippen molar-refractivity contribution in [2.24, 2.45) is 5.84 Å². The highest BCUT2D eigenvalue weighted by molar-refractivity contribution is 5.92. The van der Waals surface area contributed by atoms with E-state index in [-0.39, 0.29) is 11.6 Å². The normalized spacial score (nSPS) is 10.2. The number of anilines is 1. The van der Waals surface area contributed by atoms with Gasteiger partial charge in [-0.3, -0.25) is 14.5 Å². The Morgan fingerprint density at radius 3 is 3.05 bits per heavy atom. The zero-order chi connectivity index (χ0) is 13.5. The van der Waals surface area contributed by atoms with Crippen LogP contribution in [-0.4, -0.2) is 32.2 Å². The van der Waals surface area contributed by atoms with Gasteiger partial charge in [0.1, 0.15) is 5.69 Å². The molecule has 8 nitrogen and oxygen atoms in total. The highest BCUT2D eigenvalue weighted by atomic mass is 16.1. The summed E-state index contributed by atoms with van der Waals surface area (Å²) in [6.45, 7) is 1.30. The Morgan fingerprint density at radius 2 is 2.32 bits per heavy atom. The van der Waals surface area contributed by atoms with Crippen molar-refractivity contribution >= 4 is 11.7 Å². The maximum atomic E-state index is 11.8. The van der Waals surface area contributed by atoms with E-state index in [4.69, 9.17) is 5.84 Å². The Balaban J connectivity index is 1.77. The maximum Gasteiger partial charge on any atom is 0.271 e. The van der Waals surface area contributed by atoms with Gasteiger partial charge in [-0.25, -0.2) is 10.8 Å². The minimum absolute atomic E-state index is 0.231. The van der Waals surface area contributed by atoms with Gasteiger partial charge in [-0.05, 0) is 12.5 Å². The topological polar surface area (TPSA) is 111 Å². The van der Waals surface area contributed by atoms with Crippen molar-refractivity contribution in [3.63, 3.8) is 0 Å². The van der Waals surface area contributed by atoms with Gasteiger partial charge in [-0.1, -0.05) is 0 Å². The summed E-state index contributed by atoms with van der Waals surface area (Å²) in [5.41, 5.74) is 2.57. The van der Waals surface area contributed by atoms with E-state index in [0.29, 0.717) is 12.4 Å². The van der Waals surface area contributed by atoms with E-state index in [1.807, 2.05) is 16.9 Å². The van der Waals surface area contributed by atoms with Gasteiger partial charge in [-0.2, -0.15) is 5.10 Å². The lowest BCUT2D eigenvalue weighted by molar-refractivity contribution is 0.0947. The van der Waals surface area contributed by atoms with Gasteiger partial charge in [-0.15, -0.1) is 0 Å². The van der Waals surface area contributed by atoms with Gasteiger partial charge < -0.3 is 10.7 Å². The van der Waals surface area contributed by atoms with Crippen LogP contribution in [-0.2, 0) is 6.54 Å². The molecule has 2 rings (SSSR count). The average Bonchev–Trinajstić information content (AvgIpc) is 2.96. The fourth-order valence-electron chi connectivity index (χ4n) is 1.51. The molecule has 2 heterocycles. The fourth-order valence-corrected chi connectivity index (χ4v) is 1.51. The van der Waals surface area contributed by atoms with E-state index in [9.17, 15) is 4.79 Å². The SMILES string of the molecule is NNc1cncc(C(=O)NCCCn2cccn2)n1. The molecule has 0 unspecified atom stereocenters. The molecule has 0 aliphatic carbocycles. The van der Waals surface area contributed by atoms with Crippen LogP contribution in [0.3, 0.4) is 0 Å². The van der Waals surface area contributed by atoms with E-state index in [0.717, 1.165) is 13.0 Å². The summed E-state index contributed by atoms with van der Waals surface area (Å²) in [6, 6.07) is 1.86. The number of nitrogens with two attached hydrogens (primary N) is 1. The molecule has 2 aromatic heterocycles. The Hall–Kier alpha value is -2.48. The minimum Gasteiger partial charge on any atom is -0.351 e. The molecule has 0 radical (unpaired) electrons. The molecule has 0 spiro atoms. The first-order chi connectivity index (χ1) is 9.29. The first kappa shape index (κ1) is 13.0. The van der Waals surface area contributed by atoms with Crippen LogP contribution < -0.4 is 16.6 Å². The molecule has 100 valence electrons. The molecule has 0 atom stereocenters. The number of nitrogen functional groups attached to an aromatic ring is 1. The number of amides is 1. The lowest BCUT2D eigenvalue weighted by Gasteiger charge is -2.05. The third kappa shape index (κ3) is 3.75. The van der Waals surface area contributed by atoms with Crippen molar-refractivity contribution in [3.8, 4) is 0 Å². The second kappa shape index (κ2) is 6.45. The van der Waals surface area contributed by atoms with Crippen LogP contribution in [0.15, 0.2) is 30.9 Å². The van der Waals surface area contributed by atoms with Gasteiger partial charge in [0.15, 0.2) is 5.82 Å². The Kier molecular flexibility index (Phi) is 4.40. The number of carbonyl (C=O) groups is 1. The van der Waals surface area contributed by atoms with Gasteiger partial charge in [0.25, 0.3) is 5.91 Å². The van der Waals surface area contributed by atoms with Crippen molar-refractivity contribution in [1.29, 1.82) is 0 Å². The van der Waals surface area contributed by atoms with Crippen molar-refractivity contribution in [2.75, 3.05) is 12.0 Å². The maximum absolute atomic E-state index is 11.8. The number of carbonyl (C=O) groups excluding carboxylic acids is 1. The summed E-state index contributed by atoms with van der Waals surface area (Å²) in [5, 5.41) is 6.83. The summed E-state index contributed by atoms with van der Waals surface area (Å²) >= 11 is 0. The average molecular weight is 261 g/mol. The largest absolute Gasteiger partial charge is 0.351 e. The molecule has 0 saturated carbocycles. The Bertz CT molecular complexity index is 526. The summed E-state index contributed by atoms with van der Waals surface area (Å²) < 4.78 is 1.81. The molecule has 8 heteroatoms. The quantitative estimate of drug-likeness (QED) is 0.376. The number of aromatic nitrogens is 4. The molecule has 0 aliphatic rings. The zero-order valence-corrected chi connectivity index (χ0v) is 10.3. The third-order valence-corrected chi connectivity index (χ3v) is 2.42. The van der Waals surface area contributed by atoms with E-state index >= 15 is 0 Å². The molecular formula is C11H15N7O. The van der Waals surface area contributed by atoms with Gasteiger partial charge in [0.2, 0.25) is 0 Å². The van der Waals surface area contributed by atoms with Crippen LogP contribution >= 0.6 is 0 Å². The van der Waals surface area contributed by atoms with E-state index in [1.165, 1.54) is 12.4 Å².